The largest absolute Gasteiger partial charge is 0.494 e. The van der Waals surface area contributed by atoms with Crippen LogP contribution in [-0.4, -0.2) is 45.6 Å². The average Bonchev–Trinajstić information content (AvgIpc) is 2.99. The molecule has 0 unspecified atom stereocenters. The number of methoxy groups -OCH3 is 3. The third kappa shape index (κ3) is 4.85. The lowest BCUT2D eigenvalue weighted by Gasteiger charge is -2.32. The fourth-order valence-corrected chi connectivity index (χ4v) is 3.21. The van der Waals surface area contributed by atoms with Crippen LogP contribution < -0.4 is 25.2 Å². The summed E-state index contributed by atoms with van der Waals surface area (Å²) < 4.78 is 28.0. The summed E-state index contributed by atoms with van der Waals surface area (Å²) in [4.78, 5) is 17.9. The zero-order valence-corrected chi connectivity index (χ0v) is 19.6. The first-order chi connectivity index (χ1) is 15.1. The van der Waals surface area contributed by atoms with Crippen molar-refractivity contribution < 1.29 is 33.2 Å². The highest BCUT2D eigenvalue weighted by molar-refractivity contribution is 6.62. The molecule has 1 amide bonds. The van der Waals surface area contributed by atoms with E-state index in [1.807, 2.05) is 52.0 Å². The lowest BCUT2D eigenvalue weighted by atomic mass is 9.79. The molecule has 172 valence electrons. The van der Waals surface area contributed by atoms with Gasteiger partial charge in [-0.1, -0.05) is 24.3 Å². The molecule has 0 atom stereocenters. The summed E-state index contributed by atoms with van der Waals surface area (Å²) in [5, 5.41) is 0. The van der Waals surface area contributed by atoms with Crippen molar-refractivity contribution in [2.75, 3.05) is 21.3 Å². The second-order valence-electron chi connectivity index (χ2n) is 8.46. The van der Waals surface area contributed by atoms with E-state index in [0.717, 1.165) is 11.0 Å². The van der Waals surface area contributed by atoms with E-state index in [9.17, 15) is 4.79 Å². The fraction of sp³-hybridized carbons (Fsp3) is 0.435. The van der Waals surface area contributed by atoms with Crippen LogP contribution in [0.1, 0.15) is 43.6 Å². The zero-order valence-electron chi connectivity index (χ0n) is 19.6. The third-order valence-electron chi connectivity index (χ3n) is 5.84. The predicted molar refractivity (Wildman–Crippen MR) is 121 cm³/mol. The molecule has 0 bridgehead atoms. The van der Waals surface area contributed by atoms with Crippen LogP contribution in [0.5, 0.6) is 17.2 Å². The maximum atomic E-state index is 12.5. The highest BCUT2D eigenvalue weighted by atomic mass is 16.7. The van der Waals surface area contributed by atoms with Crippen LogP contribution in [0.3, 0.4) is 0 Å². The summed E-state index contributed by atoms with van der Waals surface area (Å²) >= 11 is 0. The zero-order chi connectivity index (χ0) is 23.5. The van der Waals surface area contributed by atoms with Crippen molar-refractivity contribution in [1.29, 1.82) is 0 Å². The number of rotatable bonds is 8. The number of carbonyl (C=O) groups excluding carboxylic acids is 1. The SMILES string of the molecule is COc1cc(C(=O)NOCc2ccc(B3OC(C)(C)C(C)(C)O3)cc2)cc(OC)c1OC. The van der Waals surface area contributed by atoms with E-state index in [4.69, 9.17) is 28.4 Å². The molecule has 9 heteroatoms. The third-order valence-corrected chi connectivity index (χ3v) is 5.84. The van der Waals surface area contributed by atoms with E-state index >= 15 is 0 Å². The Labute approximate surface area is 189 Å². The molecule has 32 heavy (non-hydrogen) atoms. The molecule has 1 N–H and O–H groups in total. The maximum absolute atomic E-state index is 12.5. The number of hydrogen-bond acceptors (Lipinski definition) is 7. The molecular weight excluding hydrogens is 413 g/mol. The highest BCUT2D eigenvalue weighted by Crippen LogP contribution is 2.38. The molecule has 3 rings (SSSR count). The predicted octanol–water partition coefficient (Wildman–Crippen LogP) is 2.87. The van der Waals surface area contributed by atoms with E-state index in [0.29, 0.717) is 22.8 Å². The number of nitrogens with one attached hydrogen (secondary N) is 1. The Morgan fingerprint density at radius 2 is 1.44 bits per heavy atom. The van der Waals surface area contributed by atoms with Crippen molar-refractivity contribution in [3.63, 3.8) is 0 Å². The first-order valence-electron chi connectivity index (χ1n) is 10.3. The summed E-state index contributed by atoms with van der Waals surface area (Å²) in [7, 11) is 4.06. The van der Waals surface area contributed by atoms with Crippen molar-refractivity contribution >= 4 is 18.5 Å². The molecule has 2 aromatic carbocycles. The molecule has 0 aromatic heterocycles. The molecule has 0 saturated carbocycles. The number of carbonyl (C=O) groups is 1. The Kier molecular flexibility index (Phi) is 7.02. The lowest BCUT2D eigenvalue weighted by molar-refractivity contribution is 0.00578. The van der Waals surface area contributed by atoms with Gasteiger partial charge in [0.05, 0.1) is 39.1 Å². The molecular formula is C23H30BNO7. The summed E-state index contributed by atoms with van der Waals surface area (Å²) in [6, 6.07) is 10.8. The second-order valence-corrected chi connectivity index (χ2v) is 8.46. The average molecular weight is 443 g/mol. The van der Waals surface area contributed by atoms with E-state index in [2.05, 4.69) is 5.48 Å². The van der Waals surface area contributed by atoms with Crippen molar-refractivity contribution in [3.05, 3.63) is 47.5 Å². The van der Waals surface area contributed by atoms with Crippen LogP contribution in [0.2, 0.25) is 0 Å². The number of hydroxylamine groups is 1. The van der Waals surface area contributed by atoms with Crippen LogP contribution in [0.4, 0.5) is 0 Å². The van der Waals surface area contributed by atoms with Crippen LogP contribution >= 0.6 is 0 Å². The molecule has 0 spiro atoms. The van der Waals surface area contributed by atoms with Crippen LogP contribution in [0, 0.1) is 0 Å². The minimum atomic E-state index is -0.432. The summed E-state index contributed by atoms with van der Waals surface area (Å²) in [6.07, 6.45) is 0. The van der Waals surface area contributed by atoms with E-state index < -0.39 is 24.2 Å². The van der Waals surface area contributed by atoms with E-state index in [1.165, 1.54) is 21.3 Å². The highest BCUT2D eigenvalue weighted by Gasteiger charge is 2.51. The number of hydrogen-bond donors (Lipinski definition) is 1. The van der Waals surface area contributed by atoms with Crippen LogP contribution in [0.25, 0.3) is 0 Å². The van der Waals surface area contributed by atoms with E-state index in [1.54, 1.807) is 12.1 Å². The van der Waals surface area contributed by atoms with Gasteiger partial charge in [-0.2, -0.15) is 0 Å². The van der Waals surface area contributed by atoms with Gasteiger partial charge in [0.2, 0.25) is 5.75 Å². The normalized spacial score (nSPS) is 16.5. The molecule has 1 aliphatic rings. The summed E-state index contributed by atoms with van der Waals surface area (Å²) in [5.74, 6) is 0.748. The van der Waals surface area contributed by atoms with Gasteiger partial charge in [0, 0.05) is 5.56 Å². The number of benzene rings is 2. The Bertz CT molecular complexity index is 918. The Morgan fingerprint density at radius 3 is 1.91 bits per heavy atom. The summed E-state index contributed by atoms with van der Waals surface area (Å²) in [5.41, 5.74) is 3.78. The Hall–Kier alpha value is -2.75. The van der Waals surface area contributed by atoms with Crippen molar-refractivity contribution in [1.82, 2.24) is 5.48 Å². The van der Waals surface area contributed by atoms with Crippen LogP contribution in [-0.2, 0) is 20.8 Å². The standard InChI is InChI=1S/C23H30BNO7/c1-22(2)23(3,4)32-24(31-22)17-10-8-15(9-11-17)14-30-25-21(26)16-12-18(27-5)20(29-7)19(13-16)28-6/h8-13H,14H2,1-7H3,(H,25,26). The fourth-order valence-electron chi connectivity index (χ4n) is 3.21. The molecule has 1 saturated heterocycles. The molecule has 0 aliphatic carbocycles. The van der Waals surface area contributed by atoms with Crippen molar-refractivity contribution in [2.45, 2.75) is 45.5 Å². The molecule has 1 heterocycles. The van der Waals surface area contributed by atoms with Gasteiger partial charge in [0.1, 0.15) is 0 Å². The van der Waals surface area contributed by atoms with Crippen molar-refractivity contribution in [2.24, 2.45) is 0 Å². The van der Waals surface area contributed by atoms with Gasteiger partial charge in [-0.25, -0.2) is 5.48 Å². The molecule has 8 nitrogen and oxygen atoms in total. The molecule has 0 radical (unpaired) electrons. The van der Waals surface area contributed by atoms with Gasteiger partial charge in [-0.05, 0) is 50.9 Å². The minimum Gasteiger partial charge on any atom is -0.493 e. The first-order valence-corrected chi connectivity index (χ1v) is 10.3. The monoisotopic (exact) mass is 443 g/mol. The first kappa shape index (κ1) is 23.9. The second kappa shape index (κ2) is 9.40. The lowest BCUT2D eigenvalue weighted by Crippen LogP contribution is -2.41. The van der Waals surface area contributed by atoms with Crippen molar-refractivity contribution in [3.8, 4) is 17.2 Å². The number of amides is 1. The maximum Gasteiger partial charge on any atom is 0.494 e. The van der Waals surface area contributed by atoms with Gasteiger partial charge in [0.15, 0.2) is 11.5 Å². The Morgan fingerprint density at radius 1 is 0.906 bits per heavy atom. The molecule has 1 aliphatic heterocycles. The topological polar surface area (TPSA) is 84.5 Å². The van der Waals surface area contributed by atoms with Gasteiger partial charge in [-0.3, -0.25) is 9.63 Å². The van der Waals surface area contributed by atoms with Gasteiger partial charge in [0.25, 0.3) is 5.91 Å². The molecule has 2 aromatic rings. The number of ether oxygens (including phenoxy) is 3. The van der Waals surface area contributed by atoms with Gasteiger partial charge in [-0.15, -0.1) is 0 Å². The quantitative estimate of drug-likeness (QED) is 0.496. The summed E-state index contributed by atoms with van der Waals surface area (Å²) in [6.45, 7) is 8.27. The molecule has 1 fully saturated rings. The smallest absolute Gasteiger partial charge is 0.493 e. The van der Waals surface area contributed by atoms with Gasteiger partial charge < -0.3 is 23.5 Å². The Balaban J connectivity index is 1.59. The van der Waals surface area contributed by atoms with Crippen LogP contribution in [0.15, 0.2) is 36.4 Å². The van der Waals surface area contributed by atoms with E-state index in [-0.39, 0.29) is 6.61 Å². The van der Waals surface area contributed by atoms with Gasteiger partial charge >= 0.3 is 7.12 Å². The minimum absolute atomic E-state index is 0.194.